The second kappa shape index (κ2) is 4.23. The van der Waals surface area contributed by atoms with E-state index in [1.54, 1.807) is 0 Å². The lowest BCUT2D eigenvalue weighted by Gasteiger charge is -2.27. The quantitative estimate of drug-likeness (QED) is 0.724. The number of anilines is 1. The van der Waals surface area contributed by atoms with Crippen LogP contribution in [-0.4, -0.2) is 12.1 Å². The van der Waals surface area contributed by atoms with Gasteiger partial charge in [-0.3, -0.25) is 0 Å². The number of nitrogen functional groups attached to an aromatic ring is 1. The van der Waals surface area contributed by atoms with Crippen molar-refractivity contribution in [1.29, 1.82) is 0 Å². The van der Waals surface area contributed by atoms with E-state index >= 15 is 0 Å². The average Bonchev–Trinajstić information content (AvgIpc) is 2.16. The Morgan fingerprint density at radius 3 is 2.87 bits per heavy atom. The smallest absolute Gasteiger partial charge is 0.0316 e. The van der Waals surface area contributed by atoms with Gasteiger partial charge in [0.05, 0.1) is 0 Å². The Morgan fingerprint density at radius 1 is 1.33 bits per heavy atom. The van der Waals surface area contributed by atoms with Crippen molar-refractivity contribution in [3.63, 3.8) is 0 Å². The summed E-state index contributed by atoms with van der Waals surface area (Å²) in [5.74, 6) is 0. The molecule has 1 aliphatic carbocycles. The normalized spacial score (nSPS) is 20.3. The highest BCUT2D eigenvalue weighted by Crippen LogP contribution is 2.23. The molecule has 1 aromatic rings. The molecule has 0 heterocycles. The summed E-state index contributed by atoms with van der Waals surface area (Å²) in [6.45, 7) is 4.41. The number of benzene rings is 1. The molecule has 0 saturated heterocycles. The first-order valence-corrected chi connectivity index (χ1v) is 5.78. The predicted molar refractivity (Wildman–Crippen MR) is 64.9 cm³/mol. The Kier molecular flexibility index (Phi) is 2.96. The minimum absolute atomic E-state index is 0.567. The van der Waals surface area contributed by atoms with Crippen molar-refractivity contribution < 1.29 is 0 Å². The van der Waals surface area contributed by atoms with Gasteiger partial charge in [-0.1, -0.05) is 19.9 Å². The van der Waals surface area contributed by atoms with Crippen LogP contribution in [0.25, 0.3) is 0 Å². The van der Waals surface area contributed by atoms with Crippen LogP contribution in [0.4, 0.5) is 5.69 Å². The van der Waals surface area contributed by atoms with Crippen LogP contribution in [0.1, 0.15) is 31.4 Å². The van der Waals surface area contributed by atoms with Gasteiger partial charge in [-0.25, -0.2) is 0 Å². The summed E-state index contributed by atoms with van der Waals surface area (Å²) in [4.78, 5) is 0. The fraction of sp³-hybridized carbons (Fsp3) is 0.538. The van der Waals surface area contributed by atoms with Gasteiger partial charge >= 0.3 is 0 Å². The van der Waals surface area contributed by atoms with Crippen LogP contribution in [0.3, 0.4) is 0 Å². The van der Waals surface area contributed by atoms with Gasteiger partial charge in [-0.2, -0.15) is 0 Å². The van der Waals surface area contributed by atoms with E-state index in [0.717, 1.165) is 12.1 Å². The minimum atomic E-state index is 0.567. The number of hydrogen-bond acceptors (Lipinski definition) is 2. The zero-order valence-corrected chi connectivity index (χ0v) is 9.59. The fourth-order valence-corrected chi connectivity index (χ4v) is 2.39. The molecule has 1 aliphatic rings. The van der Waals surface area contributed by atoms with Gasteiger partial charge < -0.3 is 11.1 Å². The molecule has 82 valence electrons. The van der Waals surface area contributed by atoms with Crippen LogP contribution in [0.2, 0.25) is 0 Å². The second-order valence-corrected chi connectivity index (χ2v) is 4.79. The maximum atomic E-state index is 5.81. The number of nitrogens with one attached hydrogen (secondary N) is 1. The summed E-state index contributed by atoms with van der Waals surface area (Å²) in [6.07, 6.45) is 3.55. The number of nitrogens with two attached hydrogens (primary N) is 1. The molecule has 2 heteroatoms. The van der Waals surface area contributed by atoms with Gasteiger partial charge in [0, 0.05) is 17.8 Å². The van der Waals surface area contributed by atoms with Crippen LogP contribution < -0.4 is 11.1 Å². The second-order valence-electron chi connectivity index (χ2n) is 4.79. The zero-order valence-electron chi connectivity index (χ0n) is 9.59. The molecule has 0 aliphatic heterocycles. The maximum Gasteiger partial charge on any atom is 0.0316 e. The standard InChI is InChI=1S/C13H20N2/c1-9(2)15-13-6-4-10-3-5-12(14)7-11(10)8-13/h3,5,7,9,13,15H,4,6,8,14H2,1-2H3. The Balaban J connectivity index is 2.11. The third-order valence-electron chi connectivity index (χ3n) is 3.03. The molecule has 0 aromatic heterocycles. The molecule has 1 aromatic carbocycles. The number of aryl methyl sites for hydroxylation is 1. The van der Waals surface area contributed by atoms with Crippen molar-refractivity contribution in [2.75, 3.05) is 5.73 Å². The van der Waals surface area contributed by atoms with E-state index in [4.69, 9.17) is 5.73 Å². The van der Waals surface area contributed by atoms with Crippen LogP contribution in [0.15, 0.2) is 18.2 Å². The molecule has 1 unspecified atom stereocenters. The van der Waals surface area contributed by atoms with Crippen molar-refractivity contribution in [2.45, 2.75) is 45.2 Å². The monoisotopic (exact) mass is 204 g/mol. The topological polar surface area (TPSA) is 38.0 Å². The molecule has 1 atom stereocenters. The molecule has 0 saturated carbocycles. The predicted octanol–water partition coefficient (Wildman–Crippen LogP) is 2.12. The van der Waals surface area contributed by atoms with E-state index in [0.29, 0.717) is 12.1 Å². The Labute approximate surface area is 91.9 Å². The molecule has 0 radical (unpaired) electrons. The third-order valence-corrected chi connectivity index (χ3v) is 3.03. The molecule has 3 N–H and O–H groups in total. The largest absolute Gasteiger partial charge is 0.399 e. The molecular weight excluding hydrogens is 184 g/mol. The summed E-state index contributed by atoms with van der Waals surface area (Å²) in [5, 5.41) is 3.60. The Morgan fingerprint density at radius 2 is 2.13 bits per heavy atom. The highest BCUT2D eigenvalue weighted by atomic mass is 14.9. The lowest BCUT2D eigenvalue weighted by Crippen LogP contribution is -2.38. The SMILES string of the molecule is CC(C)NC1CCc2ccc(N)cc2C1. The molecule has 15 heavy (non-hydrogen) atoms. The number of hydrogen-bond donors (Lipinski definition) is 2. The fourth-order valence-electron chi connectivity index (χ4n) is 2.39. The van der Waals surface area contributed by atoms with Gasteiger partial charge in [0.2, 0.25) is 0 Å². The molecule has 2 rings (SSSR count). The third kappa shape index (κ3) is 2.51. The van der Waals surface area contributed by atoms with Crippen LogP contribution in [-0.2, 0) is 12.8 Å². The van der Waals surface area contributed by atoms with Gasteiger partial charge in [-0.05, 0) is 42.5 Å². The molecule has 0 bridgehead atoms. The number of rotatable bonds is 2. The zero-order chi connectivity index (χ0) is 10.8. The summed E-state index contributed by atoms with van der Waals surface area (Å²) in [6, 6.07) is 7.51. The average molecular weight is 204 g/mol. The van der Waals surface area contributed by atoms with E-state index in [1.165, 1.54) is 24.0 Å². The number of fused-ring (bicyclic) bond motifs is 1. The first kappa shape index (κ1) is 10.5. The van der Waals surface area contributed by atoms with E-state index in [2.05, 4.69) is 31.3 Å². The van der Waals surface area contributed by atoms with Crippen molar-refractivity contribution in [3.05, 3.63) is 29.3 Å². The van der Waals surface area contributed by atoms with Crippen LogP contribution >= 0.6 is 0 Å². The van der Waals surface area contributed by atoms with Crippen molar-refractivity contribution in [3.8, 4) is 0 Å². The van der Waals surface area contributed by atoms with Gasteiger partial charge in [0.1, 0.15) is 0 Å². The molecule has 0 amide bonds. The highest BCUT2D eigenvalue weighted by Gasteiger charge is 2.18. The van der Waals surface area contributed by atoms with Gasteiger partial charge in [0.25, 0.3) is 0 Å². The Hall–Kier alpha value is -1.02. The molecule has 2 nitrogen and oxygen atoms in total. The summed E-state index contributed by atoms with van der Waals surface area (Å²) in [7, 11) is 0. The lowest BCUT2D eigenvalue weighted by molar-refractivity contribution is 0.421. The van der Waals surface area contributed by atoms with E-state index in [-0.39, 0.29) is 0 Å². The lowest BCUT2D eigenvalue weighted by atomic mass is 9.88. The van der Waals surface area contributed by atoms with Crippen LogP contribution in [0, 0.1) is 0 Å². The molecular formula is C13H20N2. The summed E-state index contributed by atoms with van der Waals surface area (Å²) in [5.41, 5.74) is 9.60. The highest BCUT2D eigenvalue weighted by molar-refractivity contribution is 5.46. The molecule has 0 spiro atoms. The van der Waals surface area contributed by atoms with Crippen molar-refractivity contribution >= 4 is 5.69 Å². The molecule has 0 fully saturated rings. The van der Waals surface area contributed by atoms with E-state index in [9.17, 15) is 0 Å². The van der Waals surface area contributed by atoms with Gasteiger partial charge in [-0.15, -0.1) is 0 Å². The minimum Gasteiger partial charge on any atom is -0.399 e. The Bertz CT molecular complexity index is 344. The maximum absolute atomic E-state index is 5.81. The van der Waals surface area contributed by atoms with Gasteiger partial charge in [0.15, 0.2) is 0 Å². The first-order chi connectivity index (χ1) is 7.15. The van der Waals surface area contributed by atoms with E-state index in [1.807, 2.05) is 6.07 Å². The van der Waals surface area contributed by atoms with E-state index < -0.39 is 0 Å². The van der Waals surface area contributed by atoms with Crippen molar-refractivity contribution in [1.82, 2.24) is 5.32 Å². The summed E-state index contributed by atoms with van der Waals surface area (Å²) < 4.78 is 0. The van der Waals surface area contributed by atoms with Crippen molar-refractivity contribution in [2.24, 2.45) is 0 Å². The first-order valence-electron chi connectivity index (χ1n) is 5.78. The van der Waals surface area contributed by atoms with Crippen LogP contribution in [0.5, 0.6) is 0 Å². The summed E-state index contributed by atoms with van der Waals surface area (Å²) >= 11 is 0.